The smallest absolute Gasteiger partial charge is 0.293 e. The summed E-state index contributed by atoms with van der Waals surface area (Å²) in [7, 11) is 0. The van der Waals surface area contributed by atoms with Gasteiger partial charge in [-0.2, -0.15) is 17.7 Å². The van der Waals surface area contributed by atoms with Crippen LogP contribution in [0.25, 0.3) is 0 Å². The van der Waals surface area contributed by atoms with Gasteiger partial charge < -0.3 is 16.9 Å². The summed E-state index contributed by atoms with van der Waals surface area (Å²) in [5.41, 5.74) is 7.30. The zero-order chi connectivity index (χ0) is 14.4. The second kappa shape index (κ2) is 6.91. The maximum atomic E-state index is 11.6. The molecule has 0 fully saturated rings. The fraction of sp³-hybridized carbons (Fsp3) is 0.250. The van der Waals surface area contributed by atoms with Gasteiger partial charge in [-0.1, -0.05) is 12.1 Å². The third-order valence-electron chi connectivity index (χ3n) is 2.49. The van der Waals surface area contributed by atoms with Gasteiger partial charge in [0.25, 0.3) is 5.91 Å². The summed E-state index contributed by atoms with van der Waals surface area (Å²) in [6.45, 7) is 1.74. The van der Waals surface area contributed by atoms with Crippen LogP contribution in [0.5, 0.6) is 0 Å². The lowest BCUT2D eigenvalue weighted by Crippen LogP contribution is -2.40. The SMILES string of the molecule is C/C(=N\N)c1cccc(NC(=O)C(=O)[C@@H](N)CS)c1. The Hall–Kier alpha value is -1.86. The number of nitrogens with one attached hydrogen (secondary N) is 1. The van der Waals surface area contributed by atoms with Crippen molar-refractivity contribution in [3.8, 4) is 0 Å². The van der Waals surface area contributed by atoms with Crippen molar-refractivity contribution in [3.05, 3.63) is 29.8 Å². The number of Topliss-reactive ketones (excluding diaryl/α,β-unsaturated/α-hetero) is 1. The number of benzene rings is 1. The molecule has 0 heterocycles. The lowest BCUT2D eigenvalue weighted by Gasteiger charge is -2.09. The van der Waals surface area contributed by atoms with Gasteiger partial charge in [0.2, 0.25) is 5.78 Å². The van der Waals surface area contributed by atoms with Crippen LogP contribution in [-0.2, 0) is 9.59 Å². The molecule has 0 spiro atoms. The van der Waals surface area contributed by atoms with E-state index in [4.69, 9.17) is 11.6 Å². The molecule has 0 unspecified atom stereocenters. The predicted octanol–water partition coefficient (Wildman–Crippen LogP) is 0.134. The van der Waals surface area contributed by atoms with Gasteiger partial charge in [0.15, 0.2) is 0 Å². The van der Waals surface area contributed by atoms with E-state index in [0.29, 0.717) is 11.4 Å². The summed E-state index contributed by atoms with van der Waals surface area (Å²) in [6, 6.07) is 5.94. The lowest BCUT2D eigenvalue weighted by atomic mass is 10.1. The Morgan fingerprint density at radius 2 is 2.16 bits per heavy atom. The number of rotatable bonds is 5. The van der Waals surface area contributed by atoms with E-state index in [1.165, 1.54) is 0 Å². The van der Waals surface area contributed by atoms with Gasteiger partial charge in [0.05, 0.1) is 11.8 Å². The Kier molecular flexibility index (Phi) is 5.53. The Bertz CT molecular complexity index is 516. The highest BCUT2D eigenvalue weighted by Crippen LogP contribution is 2.11. The van der Waals surface area contributed by atoms with Crippen molar-refractivity contribution in [1.29, 1.82) is 0 Å². The summed E-state index contributed by atoms with van der Waals surface area (Å²) in [5.74, 6) is 3.83. The fourth-order valence-corrected chi connectivity index (χ4v) is 1.51. The fourth-order valence-electron chi connectivity index (χ4n) is 1.34. The van der Waals surface area contributed by atoms with Gasteiger partial charge in [-0.05, 0) is 24.6 Å². The first-order valence-electron chi connectivity index (χ1n) is 5.56. The van der Waals surface area contributed by atoms with E-state index in [1.807, 2.05) is 0 Å². The molecule has 0 aliphatic carbocycles. The number of hydrazone groups is 1. The zero-order valence-corrected chi connectivity index (χ0v) is 11.4. The van der Waals surface area contributed by atoms with Crippen LogP contribution in [0.2, 0.25) is 0 Å². The number of carbonyl (C=O) groups is 2. The van der Waals surface area contributed by atoms with E-state index >= 15 is 0 Å². The van der Waals surface area contributed by atoms with E-state index in [0.717, 1.165) is 5.56 Å². The first kappa shape index (κ1) is 15.2. The quantitative estimate of drug-likeness (QED) is 0.202. The molecule has 1 amide bonds. The zero-order valence-electron chi connectivity index (χ0n) is 10.5. The number of nitrogens with two attached hydrogens (primary N) is 2. The van der Waals surface area contributed by atoms with Gasteiger partial charge in [-0.25, -0.2) is 0 Å². The van der Waals surface area contributed by atoms with Crippen molar-refractivity contribution >= 4 is 35.7 Å². The van der Waals surface area contributed by atoms with Crippen LogP contribution in [0.1, 0.15) is 12.5 Å². The minimum absolute atomic E-state index is 0.116. The average molecular weight is 280 g/mol. The Balaban J connectivity index is 2.83. The van der Waals surface area contributed by atoms with Crippen molar-refractivity contribution in [3.63, 3.8) is 0 Å². The standard InChI is InChI=1S/C12H16N4O2S/c1-7(16-14)8-3-2-4-9(5-8)15-12(18)11(17)10(13)6-19/h2-5,10,19H,6,13-14H2,1H3,(H,15,18)/b16-7+/t10-/m0/s1. The third-order valence-corrected chi connectivity index (χ3v) is 2.88. The molecule has 1 aromatic carbocycles. The second-order valence-electron chi connectivity index (χ2n) is 3.90. The number of hydrogen-bond donors (Lipinski definition) is 4. The number of anilines is 1. The van der Waals surface area contributed by atoms with E-state index in [9.17, 15) is 9.59 Å². The van der Waals surface area contributed by atoms with Gasteiger partial charge in [0.1, 0.15) is 0 Å². The van der Waals surface area contributed by atoms with Crippen molar-refractivity contribution in [1.82, 2.24) is 0 Å². The second-order valence-corrected chi connectivity index (χ2v) is 4.27. The van der Waals surface area contributed by atoms with Crippen molar-refractivity contribution in [2.75, 3.05) is 11.1 Å². The van der Waals surface area contributed by atoms with Crippen LogP contribution in [-0.4, -0.2) is 29.2 Å². The molecule has 1 atom stereocenters. The predicted molar refractivity (Wildman–Crippen MR) is 78.3 cm³/mol. The molecule has 102 valence electrons. The molecule has 6 nitrogen and oxygen atoms in total. The van der Waals surface area contributed by atoms with Crippen LogP contribution in [0.3, 0.4) is 0 Å². The molecular formula is C12H16N4O2S. The minimum Gasteiger partial charge on any atom is -0.323 e. The molecule has 7 heteroatoms. The van der Waals surface area contributed by atoms with Gasteiger partial charge in [-0.15, -0.1) is 0 Å². The molecule has 0 saturated heterocycles. The van der Waals surface area contributed by atoms with E-state index in [1.54, 1.807) is 31.2 Å². The van der Waals surface area contributed by atoms with Crippen LogP contribution in [0.4, 0.5) is 5.69 Å². The van der Waals surface area contributed by atoms with Crippen LogP contribution in [0, 0.1) is 0 Å². The van der Waals surface area contributed by atoms with E-state index in [-0.39, 0.29) is 5.75 Å². The molecular weight excluding hydrogens is 264 g/mol. The number of ketones is 1. The normalized spacial score (nSPS) is 12.9. The molecule has 5 N–H and O–H groups in total. The van der Waals surface area contributed by atoms with Crippen molar-refractivity contribution in [2.45, 2.75) is 13.0 Å². The minimum atomic E-state index is -0.904. The average Bonchev–Trinajstić information content (AvgIpc) is 2.44. The van der Waals surface area contributed by atoms with Gasteiger partial charge in [-0.3, -0.25) is 9.59 Å². The first-order valence-corrected chi connectivity index (χ1v) is 6.19. The Morgan fingerprint density at radius 1 is 1.47 bits per heavy atom. The maximum absolute atomic E-state index is 11.6. The van der Waals surface area contributed by atoms with Gasteiger partial charge >= 0.3 is 0 Å². The number of carbonyl (C=O) groups excluding carboxylic acids is 2. The number of hydrogen-bond acceptors (Lipinski definition) is 6. The third kappa shape index (κ3) is 4.08. The first-order chi connectivity index (χ1) is 8.99. The molecule has 0 radical (unpaired) electrons. The molecule has 0 aromatic heterocycles. The molecule has 0 bridgehead atoms. The largest absolute Gasteiger partial charge is 0.323 e. The molecule has 0 saturated carbocycles. The van der Waals surface area contributed by atoms with Crippen LogP contribution >= 0.6 is 12.6 Å². The number of amides is 1. The van der Waals surface area contributed by atoms with Gasteiger partial charge in [0, 0.05) is 11.4 Å². The highest BCUT2D eigenvalue weighted by Gasteiger charge is 2.20. The number of nitrogens with zero attached hydrogens (tertiary/aromatic N) is 1. The Morgan fingerprint density at radius 3 is 2.74 bits per heavy atom. The molecule has 1 aromatic rings. The monoisotopic (exact) mass is 280 g/mol. The van der Waals surface area contributed by atoms with Crippen LogP contribution in [0.15, 0.2) is 29.4 Å². The topological polar surface area (TPSA) is 111 Å². The molecule has 1 rings (SSSR count). The van der Waals surface area contributed by atoms with Crippen LogP contribution < -0.4 is 16.9 Å². The maximum Gasteiger partial charge on any atom is 0.293 e. The van der Waals surface area contributed by atoms with Crippen molar-refractivity contribution in [2.24, 2.45) is 16.7 Å². The summed E-state index contributed by atoms with van der Waals surface area (Å²) in [6.07, 6.45) is 0. The lowest BCUT2D eigenvalue weighted by molar-refractivity contribution is -0.135. The van der Waals surface area contributed by atoms with E-state index < -0.39 is 17.7 Å². The summed E-state index contributed by atoms with van der Waals surface area (Å²) in [5, 5.41) is 6.04. The summed E-state index contributed by atoms with van der Waals surface area (Å²) >= 11 is 3.88. The highest BCUT2D eigenvalue weighted by atomic mass is 32.1. The molecule has 0 aliphatic rings. The van der Waals surface area contributed by atoms with Crippen molar-refractivity contribution < 1.29 is 9.59 Å². The summed E-state index contributed by atoms with van der Waals surface area (Å²) < 4.78 is 0. The number of thiol groups is 1. The molecule has 19 heavy (non-hydrogen) atoms. The Labute approximate surface area is 116 Å². The molecule has 0 aliphatic heterocycles. The highest BCUT2D eigenvalue weighted by molar-refractivity contribution is 7.80. The van der Waals surface area contributed by atoms with E-state index in [2.05, 4.69) is 23.0 Å². The summed E-state index contributed by atoms with van der Waals surface area (Å²) in [4.78, 5) is 23.2.